The zero-order valence-electron chi connectivity index (χ0n) is 27.0. The molecule has 0 bridgehead atoms. The molecular formula is C37H54BrFN2O2. The predicted octanol–water partition coefficient (Wildman–Crippen LogP) is 10.6. The lowest BCUT2D eigenvalue weighted by Crippen LogP contribution is -2.30. The fraction of sp³-hybridized carbons (Fsp3) is 0.568. The van der Waals surface area contributed by atoms with Crippen molar-refractivity contribution < 1.29 is 13.9 Å². The predicted molar refractivity (Wildman–Crippen MR) is 186 cm³/mol. The average molecular weight is 658 g/mol. The number of rotatable bonds is 19. The molecule has 1 heterocycles. The highest BCUT2D eigenvalue weighted by atomic mass is 79.9. The van der Waals surface area contributed by atoms with Gasteiger partial charge in [0.1, 0.15) is 0 Å². The molecule has 1 aliphatic rings. The molecule has 0 saturated heterocycles. The second-order valence-corrected chi connectivity index (χ2v) is 12.4. The fourth-order valence-electron chi connectivity index (χ4n) is 5.93. The van der Waals surface area contributed by atoms with Crippen LogP contribution < -0.4 is 9.64 Å². The molecule has 0 saturated carbocycles. The molecule has 0 spiro atoms. The number of amides is 1. The molecule has 2 aromatic carbocycles. The van der Waals surface area contributed by atoms with Gasteiger partial charge in [0.2, 0.25) is 5.91 Å². The summed E-state index contributed by atoms with van der Waals surface area (Å²) in [6.45, 7) is 9.63. The zero-order valence-corrected chi connectivity index (χ0v) is 28.7. The highest BCUT2D eigenvalue weighted by Gasteiger charge is 2.27. The highest BCUT2D eigenvalue weighted by molar-refractivity contribution is 8.93. The van der Waals surface area contributed by atoms with Crippen molar-refractivity contribution in [1.82, 2.24) is 0 Å². The Hall–Kier alpha value is -2.47. The number of nitrogens with zero attached hydrogens (tertiary/aromatic N) is 2. The van der Waals surface area contributed by atoms with E-state index in [4.69, 9.17) is 4.74 Å². The van der Waals surface area contributed by atoms with Gasteiger partial charge in [0.05, 0.1) is 13.2 Å². The molecule has 0 radical (unpaired) electrons. The Balaban J connectivity index is 0.00000645. The van der Waals surface area contributed by atoms with E-state index in [2.05, 4.69) is 37.9 Å². The first-order valence-corrected chi connectivity index (χ1v) is 16.3. The van der Waals surface area contributed by atoms with Crippen LogP contribution in [0.2, 0.25) is 0 Å². The molecule has 4 nitrogen and oxygen atoms in total. The van der Waals surface area contributed by atoms with Crippen LogP contribution in [0.25, 0.3) is 0 Å². The summed E-state index contributed by atoms with van der Waals surface area (Å²) in [5.74, 6) is -0.172. The molecule has 0 aromatic heterocycles. The zero-order chi connectivity index (χ0) is 30.2. The van der Waals surface area contributed by atoms with Crippen LogP contribution in [0.15, 0.2) is 59.1 Å². The van der Waals surface area contributed by atoms with E-state index >= 15 is 0 Å². The van der Waals surface area contributed by atoms with Crippen LogP contribution in [0.4, 0.5) is 10.1 Å². The third kappa shape index (κ3) is 13.0. The number of halogens is 2. The molecule has 0 N–H and O–H groups in total. The maximum Gasteiger partial charge on any atom is 0.224 e. The number of dihydropyridines is 1. The Bertz CT molecular complexity index is 1180. The minimum atomic E-state index is -0.378. The summed E-state index contributed by atoms with van der Waals surface area (Å²) in [7, 11) is 0. The van der Waals surface area contributed by atoms with Gasteiger partial charge in [-0.1, -0.05) is 115 Å². The van der Waals surface area contributed by atoms with Crippen molar-refractivity contribution in [3.8, 4) is 5.75 Å². The number of carbonyl (C=O) groups excluding carboxylic acids is 1. The van der Waals surface area contributed by atoms with Crippen LogP contribution in [-0.2, 0) is 17.8 Å². The molecule has 3 rings (SSSR count). The van der Waals surface area contributed by atoms with Crippen molar-refractivity contribution in [2.75, 3.05) is 18.1 Å². The molecule has 6 heteroatoms. The smallest absolute Gasteiger partial charge is 0.224 e. The molecule has 238 valence electrons. The molecule has 1 atom stereocenters. The molecule has 0 aliphatic carbocycles. The fourth-order valence-corrected chi connectivity index (χ4v) is 5.93. The molecule has 1 aliphatic heterocycles. The third-order valence-corrected chi connectivity index (χ3v) is 8.17. The van der Waals surface area contributed by atoms with Gasteiger partial charge in [-0.05, 0) is 54.7 Å². The van der Waals surface area contributed by atoms with Gasteiger partial charge in [-0.2, -0.15) is 0 Å². The first kappa shape index (κ1) is 36.7. The van der Waals surface area contributed by atoms with E-state index in [0.717, 1.165) is 41.6 Å². The Morgan fingerprint density at radius 2 is 1.58 bits per heavy atom. The number of unbranched alkanes of at least 4 members (excludes halogenated alkanes) is 11. The maximum atomic E-state index is 15.0. The van der Waals surface area contributed by atoms with E-state index in [0.29, 0.717) is 19.7 Å². The van der Waals surface area contributed by atoms with E-state index in [1.165, 1.54) is 70.3 Å². The first-order chi connectivity index (χ1) is 20.3. The normalized spacial score (nSPS) is 16.0. The quantitative estimate of drug-likeness (QED) is 0.141. The number of benzene rings is 2. The number of allylic oxidation sites excluding steroid dienone is 1. The largest absolute Gasteiger partial charge is 0.491 e. The minimum Gasteiger partial charge on any atom is -0.491 e. The molecule has 1 unspecified atom stereocenters. The summed E-state index contributed by atoms with van der Waals surface area (Å²) in [6, 6.07) is 13.1. The minimum absolute atomic E-state index is 0. The standard InChI is InChI=1S/C37H53FN2O2.BrH/c1-5-6-7-8-9-10-11-12-13-14-15-18-23-42-36-22-21-32(24-34(36)38)28-40(31(3)41)35-20-17-16-19-33(35)26-37(4)25-30(2)27-39-29-37;/h16-17,19-22,24-25,27H,5-15,18,23,26,28-29H2,1-4H3;1H. The average Bonchev–Trinajstić information content (AvgIpc) is 2.95. The molecule has 43 heavy (non-hydrogen) atoms. The summed E-state index contributed by atoms with van der Waals surface area (Å²) in [4.78, 5) is 19.1. The van der Waals surface area contributed by atoms with E-state index in [9.17, 15) is 9.18 Å². The number of aliphatic imine (C=N–C) groups is 1. The summed E-state index contributed by atoms with van der Waals surface area (Å²) in [5.41, 5.74) is 3.72. The summed E-state index contributed by atoms with van der Waals surface area (Å²) >= 11 is 0. The van der Waals surface area contributed by atoms with Gasteiger partial charge in [-0.25, -0.2) is 4.39 Å². The number of carbonyl (C=O) groups is 1. The SMILES string of the molecule is Br.CCCCCCCCCCCCCCOc1ccc(CN(C(C)=O)c2ccccc2CC2(C)C=C(C)C=NC2)cc1F. The van der Waals surface area contributed by atoms with Crippen molar-refractivity contribution in [3.63, 3.8) is 0 Å². The third-order valence-electron chi connectivity index (χ3n) is 8.17. The van der Waals surface area contributed by atoms with Crippen LogP contribution in [0, 0.1) is 11.2 Å². The van der Waals surface area contributed by atoms with Crippen LogP contribution in [0.3, 0.4) is 0 Å². The van der Waals surface area contributed by atoms with Gasteiger partial charge in [0.25, 0.3) is 0 Å². The van der Waals surface area contributed by atoms with Gasteiger partial charge in [-0.3, -0.25) is 9.79 Å². The van der Waals surface area contributed by atoms with E-state index in [1.54, 1.807) is 17.9 Å². The van der Waals surface area contributed by atoms with Gasteiger partial charge >= 0.3 is 0 Å². The van der Waals surface area contributed by atoms with Crippen molar-refractivity contribution in [2.45, 2.75) is 118 Å². The lowest BCUT2D eigenvalue weighted by molar-refractivity contribution is -0.116. The monoisotopic (exact) mass is 656 g/mol. The molecule has 2 aromatic rings. The van der Waals surface area contributed by atoms with E-state index in [1.807, 2.05) is 30.5 Å². The van der Waals surface area contributed by atoms with Crippen LogP contribution >= 0.6 is 17.0 Å². The lowest BCUT2D eigenvalue weighted by atomic mass is 9.80. The Kier molecular flexibility index (Phi) is 16.9. The van der Waals surface area contributed by atoms with Crippen molar-refractivity contribution in [1.29, 1.82) is 0 Å². The summed E-state index contributed by atoms with van der Waals surface area (Å²) in [5, 5.41) is 0. The lowest BCUT2D eigenvalue weighted by Gasteiger charge is -2.31. The molecular weight excluding hydrogens is 603 g/mol. The number of ether oxygens (including phenoxy) is 1. The Morgan fingerprint density at radius 3 is 2.19 bits per heavy atom. The Morgan fingerprint density at radius 1 is 0.953 bits per heavy atom. The number of anilines is 1. The van der Waals surface area contributed by atoms with Crippen molar-refractivity contribution >= 4 is 34.8 Å². The number of hydrogen-bond acceptors (Lipinski definition) is 3. The maximum absolute atomic E-state index is 15.0. The van der Waals surface area contributed by atoms with Crippen LogP contribution in [-0.4, -0.2) is 25.3 Å². The van der Waals surface area contributed by atoms with Gasteiger partial charge in [-0.15, -0.1) is 17.0 Å². The van der Waals surface area contributed by atoms with Crippen LogP contribution in [0.1, 0.15) is 116 Å². The second kappa shape index (κ2) is 19.7. The van der Waals surface area contributed by atoms with Crippen LogP contribution in [0.5, 0.6) is 5.75 Å². The van der Waals surface area contributed by atoms with Gasteiger partial charge < -0.3 is 9.64 Å². The number of hydrogen-bond donors (Lipinski definition) is 0. The first-order valence-electron chi connectivity index (χ1n) is 16.3. The summed E-state index contributed by atoms with van der Waals surface area (Å²) < 4.78 is 20.7. The summed E-state index contributed by atoms with van der Waals surface area (Å²) in [6.07, 6.45) is 20.4. The van der Waals surface area contributed by atoms with Crippen molar-refractivity contribution in [3.05, 3.63) is 71.1 Å². The molecule has 0 fully saturated rings. The Labute approximate surface area is 271 Å². The number of para-hydroxylation sites is 1. The second-order valence-electron chi connectivity index (χ2n) is 12.4. The highest BCUT2D eigenvalue weighted by Crippen LogP contribution is 2.33. The topological polar surface area (TPSA) is 41.9 Å². The molecule has 1 amide bonds. The van der Waals surface area contributed by atoms with E-state index < -0.39 is 0 Å². The van der Waals surface area contributed by atoms with Gasteiger partial charge in [0, 0.05) is 30.8 Å². The van der Waals surface area contributed by atoms with Gasteiger partial charge in [0.15, 0.2) is 11.6 Å². The van der Waals surface area contributed by atoms with Crippen molar-refractivity contribution in [2.24, 2.45) is 10.4 Å². The van der Waals surface area contributed by atoms with E-state index in [-0.39, 0.29) is 39.9 Å².